The Kier molecular flexibility index (Phi) is 9.74. The second-order valence-electron chi connectivity index (χ2n) is 9.33. The molecule has 3 rings (SSSR count). The molecule has 2 amide bonds. The first-order valence-corrected chi connectivity index (χ1v) is 12.3. The summed E-state index contributed by atoms with van der Waals surface area (Å²) in [5.41, 5.74) is 1.86. The fourth-order valence-corrected chi connectivity index (χ4v) is 4.16. The van der Waals surface area contributed by atoms with E-state index in [1.165, 1.54) is 7.11 Å². The molecule has 37 heavy (non-hydrogen) atoms. The number of ether oxygens (including phenoxy) is 3. The van der Waals surface area contributed by atoms with Gasteiger partial charge in [0.2, 0.25) is 0 Å². The first kappa shape index (κ1) is 27.8. The number of carbonyl (C=O) groups is 2. The van der Waals surface area contributed by atoms with Gasteiger partial charge < -0.3 is 19.5 Å². The molecule has 1 unspecified atom stereocenters. The Morgan fingerprint density at radius 1 is 1.03 bits per heavy atom. The summed E-state index contributed by atoms with van der Waals surface area (Å²) < 4.78 is 16.1. The smallest absolute Gasteiger partial charge is 0.412 e. The topological polar surface area (TPSA) is 98.8 Å². The molecule has 0 spiro atoms. The fraction of sp³-hybridized carbons (Fsp3) is 0.321. The lowest BCUT2D eigenvalue weighted by molar-refractivity contribution is 0.109. The van der Waals surface area contributed by atoms with E-state index in [0.29, 0.717) is 28.9 Å². The maximum atomic E-state index is 12.6. The van der Waals surface area contributed by atoms with Crippen molar-refractivity contribution in [3.8, 4) is 16.9 Å². The largest absolute Gasteiger partial charge is 0.490 e. The number of benzene rings is 2. The molecule has 196 valence electrons. The van der Waals surface area contributed by atoms with Crippen LogP contribution in [-0.4, -0.2) is 36.4 Å². The highest BCUT2D eigenvalue weighted by atomic mass is 35.5. The van der Waals surface area contributed by atoms with Gasteiger partial charge in [-0.2, -0.15) is 0 Å². The van der Waals surface area contributed by atoms with Crippen LogP contribution in [0.3, 0.4) is 0 Å². The van der Waals surface area contributed by atoms with Gasteiger partial charge in [-0.15, -0.1) is 0 Å². The SMILES string of the molecule is COC(=O)Nc1cc(-c2ccc(OCC(C)(CC(C)C)NC(=O)OCc3ccccc3)c(Cl)c2)ccn1. The van der Waals surface area contributed by atoms with E-state index < -0.39 is 17.7 Å². The molecule has 0 saturated carbocycles. The number of pyridine rings is 1. The molecule has 0 aliphatic rings. The third-order valence-electron chi connectivity index (χ3n) is 5.46. The second kappa shape index (κ2) is 13.0. The van der Waals surface area contributed by atoms with Gasteiger partial charge in [0.25, 0.3) is 0 Å². The molecule has 0 aliphatic heterocycles. The number of nitrogens with zero attached hydrogens (tertiary/aromatic N) is 1. The molecule has 1 atom stereocenters. The zero-order valence-electron chi connectivity index (χ0n) is 21.4. The number of nitrogens with one attached hydrogen (secondary N) is 2. The Bertz CT molecular complexity index is 1210. The van der Waals surface area contributed by atoms with Crippen molar-refractivity contribution in [2.75, 3.05) is 19.0 Å². The number of carbonyl (C=O) groups excluding carboxylic acids is 2. The standard InChI is InChI=1S/C28H32ClN3O5/c1-19(2)16-28(3,32-27(34)36-17-20-8-6-5-7-9-20)18-37-24-11-10-21(14-23(24)29)22-12-13-30-25(15-22)31-26(33)35-4/h5-15,19H,16-18H2,1-4H3,(H,32,34)(H,30,31,33). The normalized spacial score (nSPS) is 12.4. The Morgan fingerprint density at radius 2 is 1.76 bits per heavy atom. The predicted molar refractivity (Wildman–Crippen MR) is 144 cm³/mol. The van der Waals surface area contributed by atoms with Gasteiger partial charge in [0.05, 0.1) is 17.7 Å². The van der Waals surface area contributed by atoms with Crippen LogP contribution in [0.15, 0.2) is 66.9 Å². The number of hydrogen-bond donors (Lipinski definition) is 2. The van der Waals surface area contributed by atoms with Gasteiger partial charge in [-0.25, -0.2) is 14.6 Å². The number of amides is 2. The van der Waals surface area contributed by atoms with Crippen molar-refractivity contribution in [1.82, 2.24) is 10.3 Å². The minimum atomic E-state index is -0.677. The second-order valence-corrected chi connectivity index (χ2v) is 9.73. The van der Waals surface area contributed by atoms with E-state index in [1.807, 2.05) is 43.3 Å². The van der Waals surface area contributed by atoms with Crippen molar-refractivity contribution < 1.29 is 23.8 Å². The summed E-state index contributed by atoms with van der Waals surface area (Å²) in [5.74, 6) is 1.15. The zero-order valence-corrected chi connectivity index (χ0v) is 22.2. The number of hydrogen-bond acceptors (Lipinski definition) is 6. The molecule has 0 bridgehead atoms. The number of anilines is 1. The van der Waals surface area contributed by atoms with E-state index >= 15 is 0 Å². The monoisotopic (exact) mass is 525 g/mol. The van der Waals surface area contributed by atoms with E-state index in [9.17, 15) is 9.59 Å². The number of methoxy groups -OCH3 is 1. The van der Waals surface area contributed by atoms with Crippen molar-refractivity contribution in [2.45, 2.75) is 39.3 Å². The molecule has 3 aromatic rings. The number of alkyl carbamates (subject to hydrolysis) is 1. The van der Waals surface area contributed by atoms with Crippen molar-refractivity contribution in [2.24, 2.45) is 5.92 Å². The van der Waals surface area contributed by atoms with Crippen LogP contribution in [0.25, 0.3) is 11.1 Å². The summed E-state index contributed by atoms with van der Waals surface area (Å²) in [7, 11) is 1.28. The van der Waals surface area contributed by atoms with Crippen molar-refractivity contribution in [1.29, 1.82) is 0 Å². The summed E-state index contributed by atoms with van der Waals surface area (Å²) in [4.78, 5) is 28.1. The quantitative estimate of drug-likeness (QED) is 0.306. The molecule has 2 aromatic carbocycles. The highest BCUT2D eigenvalue weighted by Crippen LogP contribution is 2.32. The molecule has 2 N–H and O–H groups in total. The summed E-state index contributed by atoms with van der Waals surface area (Å²) in [6.07, 6.45) is 1.15. The molecule has 0 saturated heterocycles. The Labute approximate surface area is 222 Å². The van der Waals surface area contributed by atoms with E-state index in [1.54, 1.807) is 30.5 Å². The van der Waals surface area contributed by atoms with Gasteiger partial charge in [-0.1, -0.05) is 61.8 Å². The van der Waals surface area contributed by atoms with Crippen molar-refractivity contribution in [3.63, 3.8) is 0 Å². The highest BCUT2D eigenvalue weighted by molar-refractivity contribution is 6.32. The van der Waals surface area contributed by atoms with Crippen molar-refractivity contribution >= 4 is 29.6 Å². The average molecular weight is 526 g/mol. The Balaban J connectivity index is 1.66. The molecule has 0 radical (unpaired) electrons. The van der Waals surface area contributed by atoms with Crippen LogP contribution in [0.1, 0.15) is 32.8 Å². The number of aromatic nitrogens is 1. The molecule has 1 aromatic heterocycles. The van der Waals surface area contributed by atoms with E-state index in [0.717, 1.165) is 16.7 Å². The van der Waals surface area contributed by atoms with Crippen LogP contribution in [0.2, 0.25) is 5.02 Å². The van der Waals surface area contributed by atoms with E-state index in [2.05, 4.69) is 34.2 Å². The van der Waals surface area contributed by atoms with E-state index in [-0.39, 0.29) is 13.2 Å². The van der Waals surface area contributed by atoms with Crippen LogP contribution in [0, 0.1) is 5.92 Å². The maximum Gasteiger partial charge on any atom is 0.412 e. The first-order chi connectivity index (χ1) is 17.7. The Morgan fingerprint density at radius 3 is 2.43 bits per heavy atom. The summed E-state index contributed by atoms with van der Waals surface area (Å²) in [6, 6.07) is 18.4. The lowest BCUT2D eigenvalue weighted by Gasteiger charge is -2.32. The molecule has 9 heteroatoms. The van der Waals surface area contributed by atoms with Gasteiger partial charge in [0.15, 0.2) is 0 Å². The molecule has 1 heterocycles. The van der Waals surface area contributed by atoms with Gasteiger partial charge in [-0.05, 0) is 60.2 Å². The first-order valence-electron chi connectivity index (χ1n) is 11.9. The third-order valence-corrected chi connectivity index (χ3v) is 5.76. The van der Waals surface area contributed by atoms with Gasteiger partial charge in [0, 0.05) is 6.20 Å². The summed E-state index contributed by atoms with van der Waals surface area (Å²) in [5, 5.41) is 5.92. The van der Waals surface area contributed by atoms with Crippen LogP contribution in [0.4, 0.5) is 15.4 Å². The maximum absolute atomic E-state index is 12.6. The highest BCUT2D eigenvalue weighted by Gasteiger charge is 2.29. The summed E-state index contributed by atoms with van der Waals surface area (Å²) >= 11 is 6.54. The lowest BCUT2D eigenvalue weighted by Crippen LogP contribution is -2.51. The Hall–Kier alpha value is -3.78. The minimum absolute atomic E-state index is 0.185. The van der Waals surface area contributed by atoms with Crippen LogP contribution in [0.5, 0.6) is 5.75 Å². The van der Waals surface area contributed by atoms with Crippen LogP contribution < -0.4 is 15.4 Å². The zero-order chi connectivity index (χ0) is 26.8. The molecule has 8 nitrogen and oxygen atoms in total. The van der Waals surface area contributed by atoms with Gasteiger partial charge in [-0.3, -0.25) is 5.32 Å². The van der Waals surface area contributed by atoms with Gasteiger partial charge >= 0.3 is 12.2 Å². The number of rotatable bonds is 10. The van der Waals surface area contributed by atoms with Gasteiger partial charge in [0.1, 0.15) is 24.8 Å². The van der Waals surface area contributed by atoms with Crippen LogP contribution >= 0.6 is 11.6 Å². The third kappa shape index (κ3) is 8.68. The lowest BCUT2D eigenvalue weighted by atomic mass is 9.91. The minimum Gasteiger partial charge on any atom is -0.490 e. The van der Waals surface area contributed by atoms with Crippen LogP contribution in [-0.2, 0) is 16.1 Å². The fourth-order valence-electron chi connectivity index (χ4n) is 3.92. The molecule has 0 fully saturated rings. The van der Waals surface area contributed by atoms with Crippen molar-refractivity contribution in [3.05, 3.63) is 77.4 Å². The summed E-state index contributed by atoms with van der Waals surface area (Å²) in [6.45, 7) is 6.47. The average Bonchev–Trinajstić information content (AvgIpc) is 2.87. The molecular formula is C28H32ClN3O5. The molecular weight excluding hydrogens is 494 g/mol. The van der Waals surface area contributed by atoms with E-state index in [4.69, 9.17) is 21.1 Å². The number of halogens is 1. The molecule has 0 aliphatic carbocycles. The predicted octanol–water partition coefficient (Wildman–Crippen LogP) is 6.69.